The fourth-order valence-corrected chi connectivity index (χ4v) is 10.2. The van der Waals surface area contributed by atoms with Crippen molar-refractivity contribution in [1.82, 2.24) is 4.57 Å². The lowest BCUT2D eigenvalue weighted by Gasteiger charge is -2.30. The first-order valence-corrected chi connectivity index (χ1v) is 22.2. The highest BCUT2D eigenvalue weighted by Crippen LogP contribution is 2.47. The van der Waals surface area contributed by atoms with E-state index in [-0.39, 0.29) is 0 Å². The first-order chi connectivity index (χ1) is 32.2. The van der Waals surface area contributed by atoms with E-state index in [1.54, 1.807) is 0 Å². The summed E-state index contributed by atoms with van der Waals surface area (Å²) in [5.74, 6) is 0. The van der Waals surface area contributed by atoms with Crippen molar-refractivity contribution in [2.75, 3.05) is 4.90 Å². The number of nitrogens with zero attached hydrogens (tertiary/aromatic N) is 2. The van der Waals surface area contributed by atoms with E-state index in [9.17, 15) is 0 Å². The van der Waals surface area contributed by atoms with Gasteiger partial charge in [0.1, 0.15) is 11.2 Å². The molecule has 0 spiro atoms. The summed E-state index contributed by atoms with van der Waals surface area (Å²) in [6, 6.07) is 87.7. The van der Waals surface area contributed by atoms with Crippen LogP contribution < -0.4 is 4.90 Å². The molecule has 0 aliphatic carbocycles. The average molecular weight is 829 g/mol. The topological polar surface area (TPSA) is 21.3 Å². The van der Waals surface area contributed by atoms with Crippen LogP contribution in [0.2, 0.25) is 0 Å². The van der Waals surface area contributed by atoms with Gasteiger partial charge in [-0.05, 0) is 105 Å². The molecule has 0 N–H and O–H groups in total. The molecule has 0 atom stereocenters. The summed E-state index contributed by atoms with van der Waals surface area (Å²) in [5, 5.41) is 9.49. The average Bonchev–Trinajstić information content (AvgIpc) is 3.93. The summed E-state index contributed by atoms with van der Waals surface area (Å²) in [6.07, 6.45) is 0. The fourth-order valence-electron chi connectivity index (χ4n) is 10.2. The number of benzene rings is 11. The summed E-state index contributed by atoms with van der Waals surface area (Å²) >= 11 is 0. The zero-order valence-corrected chi connectivity index (χ0v) is 35.4. The van der Waals surface area contributed by atoms with E-state index >= 15 is 0 Å². The normalized spacial score (nSPS) is 11.7. The van der Waals surface area contributed by atoms with Crippen LogP contribution in [0.1, 0.15) is 0 Å². The van der Waals surface area contributed by atoms with E-state index in [0.29, 0.717) is 0 Å². The molecule has 0 bridgehead atoms. The van der Waals surface area contributed by atoms with Crippen LogP contribution in [0, 0.1) is 0 Å². The largest absolute Gasteiger partial charge is 0.455 e. The molecule has 0 aliphatic rings. The highest BCUT2D eigenvalue weighted by atomic mass is 16.3. The minimum atomic E-state index is 0.874. The summed E-state index contributed by atoms with van der Waals surface area (Å²) in [6.45, 7) is 0. The van der Waals surface area contributed by atoms with Crippen molar-refractivity contribution in [2.24, 2.45) is 0 Å². The molecule has 13 rings (SSSR count). The van der Waals surface area contributed by atoms with Crippen molar-refractivity contribution < 1.29 is 4.42 Å². The molecule has 2 heterocycles. The van der Waals surface area contributed by atoms with Crippen LogP contribution in [-0.4, -0.2) is 4.57 Å². The van der Waals surface area contributed by atoms with Crippen LogP contribution in [-0.2, 0) is 0 Å². The van der Waals surface area contributed by atoms with Crippen molar-refractivity contribution in [2.45, 2.75) is 0 Å². The van der Waals surface area contributed by atoms with Gasteiger partial charge in [-0.2, -0.15) is 0 Å². The van der Waals surface area contributed by atoms with Gasteiger partial charge in [-0.25, -0.2) is 0 Å². The SMILES string of the molecule is c1cc(-c2ccc(N(c3ccccc3-c3ccc4c(c3)oc3c5ccccc5ccc43)c3ccccc3-c3cccc4ccccc34)cc2)cc(-n2c3ccccc3c3ccccc32)c1. The molecular weight excluding hydrogens is 789 g/mol. The smallest absolute Gasteiger partial charge is 0.143 e. The second-order valence-electron chi connectivity index (χ2n) is 16.8. The Labute approximate surface area is 376 Å². The van der Waals surface area contributed by atoms with Crippen LogP contribution >= 0.6 is 0 Å². The summed E-state index contributed by atoms with van der Waals surface area (Å²) < 4.78 is 9.11. The molecule has 3 nitrogen and oxygen atoms in total. The first kappa shape index (κ1) is 36.9. The molecule has 0 fully saturated rings. The molecule has 0 radical (unpaired) electrons. The Bertz CT molecular complexity index is 3910. The molecule has 3 heteroatoms. The highest BCUT2D eigenvalue weighted by Gasteiger charge is 2.22. The number of para-hydroxylation sites is 4. The number of hydrogen-bond acceptors (Lipinski definition) is 2. The molecule has 0 unspecified atom stereocenters. The molecule has 11 aromatic carbocycles. The van der Waals surface area contributed by atoms with Crippen LogP contribution in [0.25, 0.3) is 104 Å². The molecule has 0 aliphatic heterocycles. The van der Waals surface area contributed by atoms with Crippen LogP contribution in [0.3, 0.4) is 0 Å². The lowest BCUT2D eigenvalue weighted by molar-refractivity contribution is 0.673. The summed E-state index contributed by atoms with van der Waals surface area (Å²) in [4.78, 5) is 2.43. The molecule has 13 aromatic rings. The standard InChI is InChI=1S/C62H40N2O/c1-3-20-48-42(15-1)17-14-26-51(48)52-23-6-10-28-58(52)63(57-27-9-5-21-49(57)45-34-37-55-56-38-33-43-16-2-4-22-50(43)62(56)65-61(55)40-45)46-35-31-41(32-36-46)44-18-13-19-47(39-44)64-59-29-11-7-24-53(59)54-25-8-12-30-60(54)64/h1-40H. The molecular formula is C62H40N2O. The van der Waals surface area contributed by atoms with Gasteiger partial charge in [0.25, 0.3) is 0 Å². The van der Waals surface area contributed by atoms with Gasteiger partial charge in [-0.1, -0.05) is 176 Å². The Morgan fingerprint density at radius 3 is 1.65 bits per heavy atom. The molecule has 304 valence electrons. The van der Waals surface area contributed by atoms with Gasteiger partial charge in [-0.15, -0.1) is 0 Å². The van der Waals surface area contributed by atoms with Crippen molar-refractivity contribution in [3.05, 3.63) is 243 Å². The van der Waals surface area contributed by atoms with E-state index in [1.807, 2.05) is 0 Å². The van der Waals surface area contributed by atoms with Crippen molar-refractivity contribution in [3.8, 4) is 39.1 Å². The predicted octanol–water partition coefficient (Wildman–Crippen LogP) is 17.5. The van der Waals surface area contributed by atoms with Gasteiger partial charge in [-0.3, -0.25) is 0 Å². The van der Waals surface area contributed by atoms with E-state index in [2.05, 4.69) is 252 Å². The van der Waals surface area contributed by atoms with Gasteiger partial charge in [0.05, 0.1) is 22.4 Å². The number of fused-ring (bicyclic) bond motifs is 9. The van der Waals surface area contributed by atoms with E-state index in [1.165, 1.54) is 43.5 Å². The third-order valence-electron chi connectivity index (χ3n) is 13.2. The Morgan fingerprint density at radius 2 is 0.877 bits per heavy atom. The van der Waals surface area contributed by atoms with Gasteiger partial charge < -0.3 is 13.9 Å². The summed E-state index contributed by atoms with van der Waals surface area (Å²) in [5.41, 5.74) is 15.4. The van der Waals surface area contributed by atoms with Gasteiger partial charge in [0.15, 0.2) is 0 Å². The quantitative estimate of drug-likeness (QED) is 0.160. The Morgan fingerprint density at radius 1 is 0.323 bits per heavy atom. The lowest BCUT2D eigenvalue weighted by atomic mass is 9.95. The summed E-state index contributed by atoms with van der Waals surface area (Å²) in [7, 11) is 0. The maximum absolute atomic E-state index is 6.73. The minimum absolute atomic E-state index is 0.874. The first-order valence-electron chi connectivity index (χ1n) is 22.2. The third kappa shape index (κ3) is 6.05. The Hall–Kier alpha value is -8.66. The Kier molecular flexibility index (Phi) is 8.53. The van der Waals surface area contributed by atoms with E-state index < -0.39 is 0 Å². The van der Waals surface area contributed by atoms with E-state index in [4.69, 9.17) is 4.42 Å². The highest BCUT2D eigenvalue weighted by molar-refractivity contribution is 6.16. The zero-order chi connectivity index (χ0) is 42.8. The number of furan rings is 1. The maximum Gasteiger partial charge on any atom is 0.143 e. The van der Waals surface area contributed by atoms with Crippen LogP contribution in [0.4, 0.5) is 17.1 Å². The van der Waals surface area contributed by atoms with Gasteiger partial charge >= 0.3 is 0 Å². The monoisotopic (exact) mass is 828 g/mol. The fraction of sp³-hybridized carbons (Fsp3) is 0. The third-order valence-corrected chi connectivity index (χ3v) is 13.2. The van der Waals surface area contributed by atoms with Crippen molar-refractivity contribution in [1.29, 1.82) is 0 Å². The van der Waals surface area contributed by atoms with Crippen LogP contribution in [0.5, 0.6) is 0 Å². The van der Waals surface area contributed by atoms with Gasteiger partial charge in [0.2, 0.25) is 0 Å². The maximum atomic E-state index is 6.73. The number of hydrogen-bond donors (Lipinski definition) is 0. The lowest BCUT2D eigenvalue weighted by Crippen LogP contribution is -2.12. The molecule has 0 saturated carbocycles. The van der Waals surface area contributed by atoms with Gasteiger partial charge in [0, 0.05) is 49.4 Å². The molecule has 65 heavy (non-hydrogen) atoms. The van der Waals surface area contributed by atoms with Crippen LogP contribution in [0.15, 0.2) is 247 Å². The molecule has 2 aromatic heterocycles. The van der Waals surface area contributed by atoms with Crippen molar-refractivity contribution >= 4 is 82.4 Å². The second kappa shape index (κ2) is 15.0. The number of rotatable bonds is 7. The number of anilines is 3. The van der Waals surface area contributed by atoms with Crippen molar-refractivity contribution in [3.63, 3.8) is 0 Å². The Balaban J connectivity index is 0.971. The molecule has 0 saturated heterocycles. The predicted molar refractivity (Wildman–Crippen MR) is 274 cm³/mol. The van der Waals surface area contributed by atoms with E-state index in [0.717, 1.165) is 77.9 Å². The zero-order valence-electron chi connectivity index (χ0n) is 35.4. The minimum Gasteiger partial charge on any atom is -0.455 e. The second-order valence-corrected chi connectivity index (χ2v) is 16.8. The molecule has 0 amide bonds. The number of aromatic nitrogens is 1.